The summed E-state index contributed by atoms with van der Waals surface area (Å²) in [5, 5.41) is 3.88. The third-order valence-corrected chi connectivity index (χ3v) is 7.50. The van der Waals surface area contributed by atoms with Crippen LogP contribution >= 0.6 is 23.1 Å². The Morgan fingerprint density at radius 1 is 1.47 bits per heavy atom. The number of nitrogens with zero attached hydrogens (tertiary/aromatic N) is 2. The highest BCUT2D eigenvalue weighted by Crippen LogP contribution is 2.29. The van der Waals surface area contributed by atoms with E-state index in [1.165, 1.54) is 23.1 Å². The minimum Gasteiger partial charge on any atom is -0.382 e. The topological polar surface area (TPSA) is 82.4 Å². The van der Waals surface area contributed by atoms with E-state index < -0.39 is 0 Å². The molecule has 0 unspecified atom stereocenters. The molecule has 3 rings (SSSR count). The van der Waals surface area contributed by atoms with Crippen LogP contribution in [0.15, 0.2) is 9.95 Å². The molecule has 3 heterocycles. The van der Waals surface area contributed by atoms with E-state index in [1.54, 1.807) is 4.57 Å². The molecule has 0 aliphatic carbocycles. The lowest BCUT2D eigenvalue weighted by atomic mass is 10.2. The number of carbonyl (C=O) groups is 1. The molecule has 0 spiro atoms. The third-order valence-electron chi connectivity index (χ3n) is 5.31. The molecule has 0 bridgehead atoms. The number of aromatic nitrogens is 2. The average molecular weight is 454 g/mol. The summed E-state index contributed by atoms with van der Waals surface area (Å²) in [6.07, 6.45) is 2.85. The van der Waals surface area contributed by atoms with Crippen molar-refractivity contribution in [2.45, 2.75) is 70.0 Å². The Bertz CT molecular complexity index is 934. The van der Waals surface area contributed by atoms with E-state index in [0.29, 0.717) is 36.8 Å². The van der Waals surface area contributed by atoms with E-state index in [9.17, 15) is 9.59 Å². The van der Waals surface area contributed by atoms with Crippen molar-refractivity contribution in [3.05, 3.63) is 20.8 Å². The lowest BCUT2D eigenvalue weighted by Crippen LogP contribution is -2.37. The molecular weight excluding hydrogens is 422 g/mol. The monoisotopic (exact) mass is 453 g/mol. The molecule has 1 amide bonds. The average Bonchev–Trinajstić information content (AvgIpc) is 3.33. The van der Waals surface area contributed by atoms with Crippen molar-refractivity contribution in [3.8, 4) is 0 Å². The highest BCUT2D eigenvalue weighted by molar-refractivity contribution is 8.00. The van der Waals surface area contributed by atoms with Gasteiger partial charge in [-0.25, -0.2) is 4.98 Å². The van der Waals surface area contributed by atoms with Gasteiger partial charge in [0.25, 0.3) is 5.56 Å². The fourth-order valence-electron chi connectivity index (χ4n) is 3.44. The van der Waals surface area contributed by atoms with Gasteiger partial charge >= 0.3 is 0 Å². The van der Waals surface area contributed by atoms with Crippen LogP contribution in [0.2, 0.25) is 0 Å². The summed E-state index contributed by atoms with van der Waals surface area (Å²) in [5.74, 6) is -0.0655. The van der Waals surface area contributed by atoms with Crippen molar-refractivity contribution in [3.63, 3.8) is 0 Å². The number of thioether (sulfide) groups is 1. The Morgan fingerprint density at radius 3 is 2.97 bits per heavy atom. The summed E-state index contributed by atoms with van der Waals surface area (Å²) < 4.78 is 12.7. The van der Waals surface area contributed by atoms with Crippen molar-refractivity contribution in [1.29, 1.82) is 0 Å². The molecule has 2 aromatic rings. The van der Waals surface area contributed by atoms with Gasteiger partial charge in [0.1, 0.15) is 4.83 Å². The summed E-state index contributed by atoms with van der Waals surface area (Å²) in [4.78, 5) is 32.5. The van der Waals surface area contributed by atoms with Crippen LogP contribution < -0.4 is 10.9 Å². The zero-order chi connectivity index (χ0) is 21.7. The minimum absolute atomic E-state index is 0.0344. The van der Waals surface area contributed by atoms with Crippen LogP contribution in [0.1, 0.15) is 43.6 Å². The van der Waals surface area contributed by atoms with Crippen molar-refractivity contribution >= 4 is 39.2 Å². The summed E-state index contributed by atoms with van der Waals surface area (Å²) in [5.41, 5.74) is 0.956. The van der Waals surface area contributed by atoms with E-state index in [2.05, 4.69) is 5.32 Å². The molecule has 0 aromatic carbocycles. The Kier molecular flexibility index (Phi) is 8.33. The van der Waals surface area contributed by atoms with Gasteiger partial charge in [-0.15, -0.1) is 11.3 Å². The fourth-order valence-corrected chi connectivity index (χ4v) is 5.47. The summed E-state index contributed by atoms with van der Waals surface area (Å²) in [6.45, 7) is 10.8. The zero-order valence-electron chi connectivity index (χ0n) is 18.2. The highest BCUT2D eigenvalue weighted by atomic mass is 32.2. The smallest absolute Gasteiger partial charge is 0.263 e. The second-order valence-corrected chi connectivity index (χ2v) is 10.0. The molecule has 1 N–H and O–H groups in total. The number of nitrogens with one attached hydrogen (secondary N) is 1. The van der Waals surface area contributed by atoms with E-state index in [4.69, 9.17) is 14.5 Å². The predicted molar refractivity (Wildman–Crippen MR) is 122 cm³/mol. The number of hydrogen-bond donors (Lipinski definition) is 1. The molecule has 1 aliphatic heterocycles. The summed E-state index contributed by atoms with van der Waals surface area (Å²) in [7, 11) is 0. The summed E-state index contributed by atoms with van der Waals surface area (Å²) >= 11 is 2.86. The number of aryl methyl sites for hydroxylation is 2. The molecule has 1 fully saturated rings. The number of thiophene rings is 1. The third kappa shape index (κ3) is 5.43. The van der Waals surface area contributed by atoms with Crippen molar-refractivity contribution in [1.82, 2.24) is 14.9 Å². The number of rotatable bonds is 10. The first-order valence-corrected chi connectivity index (χ1v) is 12.3. The molecule has 7 nitrogen and oxygen atoms in total. The highest BCUT2D eigenvalue weighted by Gasteiger charge is 2.23. The molecule has 0 saturated carbocycles. The minimum atomic E-state index is -0.365. The molecule has 2 aromatic heterocycles. The molecule has 0 radical (unpaired) electrons. The van der Waals surface area contributed by atoms with Crippen molar-refractivity contribution in [2.24, 2.45) is 0 Å². The van der Waals surface area contributed by atoms with Crippen LogP contribution in [0.3, 0.4) is 0 Å². The number of hydrogen-bond acceptors (Lipinski definition) is 7. The number of carbonyl (C=O) groups excluding carboxylic acids is 1. The Labute approximate surface area is 185 Å². The quantitative estimate of drug-likeness (QED) is 0.338. The van der Waals surface area contributed by atoms with Crippen LogP contribution in [0, 0.1) is 13.8 Å². The van der Waals surface area contributed by atoms with Crippen molar-refractivity contribution in [2.75, 3.05) is 26.4 Å². The van der Waals surface area contributed by atoms with Gasteiger partial charge in [-0.1, -0.05) is 11.8 Å². The molecular formula is C21H31N3O4S2. The number of fused-ring (bicyclic) bond motifs is 1. The predicted octanol–water partition coefficient (Wildman–Crippen LogP) is 3.28. The van der Waals surface area contributed by atoms with Gasteiger partial charge in [0.2, 0.25) is 5.91 Å². The van der Waals surface area contributed by atoms with Gasteiger partial charge in [-0.05, 0) is 52.5 Å². The van der Waals surface area contributed by atoms with Gasteiger partial charge in [0.15, 0.2) is 5.16 Å². The van der Waals surface area contributed by atoms with Gasteiger partial charge in [-0.3, -0.25) is 14.2 Å². The van der Waals surface area contributed by atoms with Crippen LogP contribution in [-0.2, 0) is 20.8 Å². The number of amides is 1. The lowest BCUT2D eigenvalue weighted by Gasteiger charge is -2.17. The molecule has 166 valence electrons. The maximum Gasteiger partial charge on any atom is 0.263 e. The van der Waals surface area contributed by atoms with Gasteiger partial charge in [0, 0.05) is 37.8 Å². The normalized spacial score (nSPS) is 17.5. The Balaban J connectivity index is 1.79. The lowest BCUT2D eigenvalue weighted by molar-refractivity contribution is -0.120. The molecule has 30 heavy (non-hydrogen) atoms. The van der Waals surface area contributed by atoms with E-state index in [0.717, 1.165) is 41.1 Å². The standard InChI is InChI=1S/C21H31N3O4S2/c1-5-27-10-7-9-24-20(26)17-13(2)14(3)29-19(17)23-21(24)30-15(4)18(25)22-12-16-8-6-11-28-16/h15-16H,5-12H2,1-4H3,(H,22,25)/t15-,16-/m0/s1. The van der Waals surface area contributed by atoms with Gasteiger partial charge in [0.05, 0.1) is 16.7 Å². The van der Waals surface area contributed by atoms with E-state index >= 15 is 0 Å². The largest absolute Gasteiger partial charge is 0.382 e. The Hall–Kier alpha value is -1.42. The number of ether oxygens (including phenoxy) is 2. The fraction of sp³-hybridized carbons (Fsp3) is 0.667. The summed E-state index contributed by atoms with van der Waals surface area (Å²) in [6, 6.07) is 0. The Morgan fingerprint density at radius 2 is 2.27 bits per heavy atom. The maximum atomic E-state index is 13.3. The van der Waals surface area contributed by atoms with Crippen LogP contribution in [0.25, 0.3) is 10.2 Å². The first kappa shape index (κ1) is 23.2. The zero-order valence-corrected chi connectivity index (χ0v) is 19.8. The molecule has 1 aliphatic rings. The first-order valence-electron chi connectivity index (χ1n) is 10.6. The second kappa shape index (κ2) is 10.7. The van der Waals surface area contributed by atoms with Crippen LogP contribution in [0.4, 0.5) is 0 Å². The molecule has 9 heteroatoms. The molecule has 1 saturated heterocycles. The SMILES string of the molecule is CCOCCCn1c(S[C@@H](C)C(=O)NC[C@@H]2CCCO2)nc2sc(C)c(C)c2c1=O. The van der Waals surface area contributed by atoms with Gasteiger partial charge < -0.3 is 14.8 Å². The maximum absolute atomic E-state index is 13.3. The van der Waals surface area contributed by atoms with Crippen LogP contribution in [0.5, 0.6) is 0 Å². The first-order chi connectivity index (χ1) is 14.4. The molecule has 2 atom stereocenters. The van der Waals surface area contributed by atoms with E-state index in [-0.39, 0.29) is 22.8 Å². The van der Waals surface area contributed by atoms with E-state index in [1.807, 2.05) is 27.7 Å². The van der Waals surface area contributed by atoms with Gasteiger partial charge in [-0.2, -0.15) is 0 Å². The van der Waals surface area contributed by atoms with Crippen LogP contribution in [-0.4, -0.2) is 53.2 Å². The van der Waals surface area contributed by atoms with Crippen molar-refractivity contribution < 1.29 is 14.3 Å². The second-order valence-electron chi connectivity index (χ2n) is 7.51.